The van der Waals surface area contributed by atoms with Crippen molar-refractivity contribution in [2.24, 2.45) is 5.92 Å². The molecule has 1 aliphatic rings. The fourth-order valence-corrected chi connectivity index (χ4v) is 2.34. The van der Waals surface area contributed by atoms with Gasteiger partial charge in [-0.15, -0.1) is 0 Å². The van der Waals surface area contributed by atoms with Crippen LogP contribution in [0.15, 0.2) is 12.4 Å². The second-order valence-electron chi connectivity index (χ2n) is 5.00. The van der Waals surface area contributed by atoms with E-state index >= 15 is 0 Å². The summed E-state index contributed by atoms with van der Waals surface area (Å²) in [6.45, 7) is 10.1. The van der Waals surface area contributed by atoms with E-state index in [9.17, 15) is 4.79 Å². The molecular formula is C16H27N3O2. The maximum absolute atomic E-state index is 11.4. The highest BCUT2D eigenvalue weighted by Crippen LogP contribution is 2.23. The zero-order chi connectivity index (χ0) is 15.7. The number of anilines is 1. The van der Waals surface area contributed by atoms with Crippen LogP contribution >= 0.6 is 0 Å². The molecular weight excluding hydrogens is 266 g/mol. The Kier molecular flexibility index (Phi) is 7.72. The van der Waals surface area contributed by atoms with Gasteiger partial charge in [0.25, 0.3) is 0 Å². The molecule has 5 nitrogen and oxygen atoms in total. The van der Waals surface area contributed by atoms with E-state index < -0.39 is 0 Å². The number of rotatable bonds is 4. The molecule has 0 atom stereocenters. The SMILES string of the molecule is CC.CCOC(=O)CC1CCN(c2ncc(C)cn2)CC1. The molecule has 0 amide bonds. The Bertz CT molecular complexity index is 412. The molecule has 0 radical (unpaired) electrons. The van der Waals surface area contributed by atoms with Gasteiger partial charge in [0.15, 0.2) is 0 Å². The van der Waals surface area contributed by atoms with Crippen molar-refractivity contribution < 1.29 is 9.53 Å². The van der Waals surface area contributed by atoms with Crippen LogP contribution in [-0.2, 0) is 9.53 Å². The van der Waals surface area contributed by atoms with Crippen LogP contribution in [-0.4, -0.2) is 35.6 Å². The van der Waals surface area contributed by atoms with Crippen molar-refractivity contribution in [3.8, 4) is 0 Å². The zero-order valence-electron chi connectivity index (χ0n) is 13.6. The van der Waals surface area contributed by atoms with Crippen LogP contribution in [0.3, 0.4) is 0 Å². The van der Waals surface area contributed by atoms with Gasteiger partial charge in [0.05, 0.1) is 6.61 Å². The summed E-state index contributed by atoms with van der Waals surface area (Å²) in [6.07, 6.45) is 6.21. The van der Waals surface area contributed by atoms with E-state index in [1.54, 1.807) is 0 Å². The highest BCUT2D eigenvalue weighted by atomic mass is 16.5. The van der Waals surface area contributed by atoms with Crippen molar-refractivity contribution in [2.75, 3.05) is 24.6 Å². The van der Waals surface area contributed by atoms with Gasteiger partial charge in [0.2, 0.25) is 5.95 Å². The Labute approximate surface area is 127 Å². The van der Waals surface area contributed by atoms with Gasteiger partial charge in [-0.2, -0.15) is 0 Å². The van der Waals surface area contributed by atoms with Crippen LogP contribution in [0.2, 0.25) is 0 Å². The third-order valence-electron chi connectivity index (χ3n) is 3.43. The average molecular weight is 293 g/mol. The number of nitrogens with zero attached hydrogens (tertiary/aromatic N) is 3. The van der Waals surface area contributed by atoms with E-state index in [1.165, 1.54) is 0 Å². The van der Waals surface area contributed by atoms with E-state index in [4.69, 9.17) is 4.74 Å². The Balaban J connectivity index is 0.00000106. The quantitative estimate of drug-likeness (QED) is 0.799. The molecule has 0 spiro atoms. The number of aromatic nitrogens is 2. The summed E-state index contributed by atoms with van der Waals surface area (Å²) in [7, 11) is 0. The molecule has 0 aromatic carbocycles. The largest absolute Gasteiger partial charge is 0.466 e. The predicted molar refractivity (Wildman–Crippen MR) is 84.3 cm³/mol. The summed E-state index contributed by atoms with van der Waals surface area (Å²) in [5.74, 6) is 1.15. The van der Waals surface area contributed by atoms with E-state index in [0.717, 1.165) is 37.4 Å². The molecule has 2 rings (SSSR count). The van der Waals surface area contributed by atoms with Gasteiger partial charge in [0.1, 0.15) is 0 Å². The molecule has 1 saturated heterocycles. The molecule has 21 heavy (non-hydrogen) atoms. The number of piperidine rings is 1. The Morgan fingerprint density at radius 1 is 1.29 bits per heavy atom. The highest BCUT2D eigenvalue weighted by molar-refractivity contribution is 5.69. The first-order chi connectivity index (χ1) is 10.2. The van der Waals surface area contributed by atoms with Crippen LogP contribution in [0.25, 0.3) is 0 Å². The third-order valence-corrected chi connectivity index (χ3v) is 3.43. The predicted octanol–water partition coefficient (Wildman–Crippen LogP) is 2.98. The third kappa shape index (κ3) is 5.69. The van der Waals surface area contributed by atoms with Crippen molar-refractivity contribution in [3.63, 3.8) is 0 Å². The van der Waals surface area contributed by atoms with Gasteiger partial charge < -0.3 is 9.64 Å². The average Bonchev–Trinajstić information content (AvgIpc) is 2.51. The first kappa shape index (κ1) is 17.4. The lowest BCUT2D eigenvalue weighted by atomic mass is 9.94. The first-order valence-electron chi connectivity index (χ1n) is 7.88. The molecule has 118 valence electrons. The van der Waals surface area contributed by atoms with Crippen LogP contribution in [0.1, 0.15) is 45.6 Å². The topological polar surface area (TPSA) is 55.3 Å². The van der Waals surface area contributed by atoms with Crippen LogP contribution in [0, 0.1) is 12.8 Å². The molecule has 2 heterocycles. The summed E-state index contributed by atoms with van der Waals surface area (Å²) in [4.78, 5) is 22.3. The number of carbonyl (C=O) groups excluding carboxylic acids is 1. The van der Waals surface area contributed by atoms with Gasteiger partial charge in [-0.1, -0.05) is 13.8 Å². The minimum absolute atomic E-state index is 0.0764. The van der Waals surface area contributed by atoms with Crippen LogP contribution < -0.4 is 4.90 Å². The second-order valence-corrected chi connectivity index (χ2v) is 5.00. The number of hydrogen-bond donors (Lipinski definition) is 0. The number of esters is 1. The summed E-state index contributed by atoms with van der Waals surface area (Å²) in [5.41, 5.74) is 1.07. The van der Waals surface area contributed by atoms with Crippen molar-refractivity contribution in [1.82, 2.24) is 9.97 Å². The molecule has 1 aliphatic heterocycles. The Morgan fingerprint density at radius 3 is 2.38 bits per heavy atom. The second kappa shape index (κ2) is 9.32. The fourth-order valence-electron chi connectivity index (χ4n) is 2.34. The number of carbonyl (C=O) groups is 1. The molecule has 1 aromatic heterocycles. The maximum Gasteiger partial charge on any atom is 0.306 e. The number of ether oxygens (including phenoxy) is 1. The van der Waals surface area contributed by atoms with Gasteiger partial charge in [-0.25, -0.2) is 9.97 Å². The van der Waals surface area contributed by atoms with Crippen molar-refractivity contribution in [3.05, 3.63) is 18.0 Å². The van der Waals surface area contributed by atoms with E-state index in [0.29, 0.717) is 18.9 Å². The Morgan fingerprint density at radius 2 is 1.86 bits per heavy atom. The first-order valence-corrected chi connectivity index (χ1v) is 7.88. The minimum Gasteiger partial charge on any atom is -0.466 e. The van der Waals surface area contributed by atoms with Crippen LogP contribution in [0.4, 0.5) is 5.95 Å². The monoisotopic (exact) mass is 293 g/mol. The number of aryl methyl sites for hydroxylation is 1. The smallest absolute Gasteiger partial charge is 0.306 e. The molecule has 0 aliphatic carbocycles. The summed E-state index contributed by atoms with van der Waals surface area (Å²) < 4.78 is 4.99. The summed E-state index contributed by atoms with van der Waals surface area (Å²) in [5, 5.41) is 0. The van der Waals surface area contributed by atoms with Gasteiger partial charge in [-0.05, 0) is 38.2 Å². The molecule has 5 heteroatoms. The molecule has 0 saturated carbocycles. The molecule has 1 fully saturated rings. The van der Waals surface area contributed by atoms with Gasteiger partial charge >= 0.3 is 5.97 Å². The van der Waals surface area contributed by atoms with Crippen molar-refractivity contribution in [2.45, 2.75) is 47.0 Å². The standard InChI is InChI=1S/C14H21N3O2.C2H6/c1-3-19-13(18)8-12-4-6-17(7-5-12)14-15-9-11(2)10-16-14;1-2/h9-10,12H,3-8H2,1-2H3;1-2H3. The lowest BCUT2D eigenvalue weighted by Gasteiger charge is -2.31. The zero-order valence-corrected chi connectivity index (χ0v) is 13.6. The maximum atomic E-state index is 11.4. The molecule has 0 bridgehead atoms. The normalized spacial score (nSPS) is 15.1. The van der Waals surface area contributed by atoms with Crippen LogP contribution in [0.5, 0.6) is 0 Å². The van der Waals surface area contributed by atoms with E-state index in [2.05, 4.69) is 14.9 Å². The lowest BCUT2D eigenvalue weighted by Crippen LogP contribution is -2.35. The Hall–Kier alpha value is -1.65. The van der Waals surface area contributed by atoms with Gasteiger partial charge in [0, 0.05) is 31.9 Å². The lowest BCUT2D eigenvalue weighted by molar-refractivity contribution is -0.144. The summed E-state index contributed by atoms with van der Waals surface area (Å²) in [6, 6.07) is 0. The molecule has 0 unspecified atom stereocenters. The van der Waals surface area contributed by atoms with Crippen molar-refractivity contribution in [1.29, 1.82) is 0 Å². The van der Waals surface area contributed by atoms with Gasteiger partial charge in [-0.3, -0.25) is 4.79 Å². The fraction of sp³-hybridized carbons (Fsp3) is 0.688. The molecule has 0 N–H and O–H groups in total. The minimum atomic E-state index is -0.0764. The highest BCUT2D eigenvalue weighted by Gasteiger charge is 2.23. The van der Waals surface area contributed by atoms with Crippen molar-refractivity contribution >= 4 is 11.9 Å². The van der Waals surface area contributed by atoms with E-state index in [1.807, 2.05) is 40.1 Å². The van der Waals surface area contributed by atoms with E-state index in [-0.39, 0.29) is 5.97 Å². The molecule has 1 aromatic rings. The summed E-state index contributed by atoms with van der Waals surface area (Å²) >= 11 is 0. The number of hydrogen-bond acceptors (Lipinski definition) is 5.